The van der Waals surface area contributed by atoms with E-state index in [-0.39, 0.29) is 24.3 Å². The Labute approximate surface area is 212 Å². The number of nitrogens with one attached hydrogen (secondary N) is 1. The van der Waals surface area contributed by atoms with Crippen molar-refractivity contribution in [3.8, 4) is 16.9 Å². The molecular weight excluding hydrogens is 462 g/mol. The molecular formula is C27H34ClN5O2. The van der Waals surface area contributed by atoms with E-state index >= 15 is 0 Å². The number of hydrogen-bond donors (Lipinski definition) is 1. The van der Waals surface area contributed by atoms with Gasteiger partial charge in [0.05, 0.1) is 12.2 Å². The Morgan fingerprint density at radius 3 is 2.29 bits per heavy atom. The van der Waals surface area contributed by atoms with Gasteiger partial charge in [0.2, 0.25) is 17.8 Å². The second-order valence-electron chi connectivity index (χ2n) is 9.43. The number of amides is 2. The average molecular weight is 496 g/mol. The molecule has 0 aliphatic heterocycles. The van der Waals surface area contributed by atoms with Gasteiger partial charge in [0.15, 0.2) is 0 Å². The Kier molecular flexibility index (Phi) is 9.07. The lowest BCUT2D eigenvalue weighted by Crippen LogP contribution is -2.42. The third kappa shape index (κ3) is 7.67. The van der Waals surface area contributed by atoms with Gasteiger partial charge < -0.3 is 9.80 Å². The zero-order valence-electron chi connectivity index (χ0n) is 21.1. The molecule has 8 heteroatoms. The highest BCUT2D eigenvalue weighted by molar-refractivity contribution is 6.30. The van der Waals surface area contributed by atoms with E-state index in [0.29, 0.717) is 36.2 Å². The van der Waals surface area contributed by atoms with Gasteiger partial charge in [0.25, 0.3) is 0 Å². The van der Waals surface area contributed by atoms with Gasteiger partial charge in [-0.15, -0.1) is 0 Å². The Balaban J connectivity index is 1.87. The molecule has 3 aromatic rings. The molecule has 186 valence electrons. The summed E-state index contributed by atoms with van der Waals surface area (Å²) in [6.45, 7) is 7.15. The van der Waals surface area contributed by atoms with Crippen molar-refractivity contribution in [3.63, 3.8) is 0 Å². The summed E-state index contributed by atoms with van der Waals surface area (Å²) in [6.07, 6.45) is 2.29. The van der Waals surface area contributed by atoms with Gasteiger partial charge in [-0.25, -0.2) is 4.98 Å². The first-order chi connectivity index (χ1) is 16.6. The summed E-state index contributed by atoms with van der Waals surface area (Å²) in [6, 6.07) is 15.4. The summed E-state index contributed by atoms with van der Waals surface area (Å²) < 4.78 is 1.85. The number of carbonyl (C=O) groups excluding carboxylic acids is 2. The number of benzene rings is 2. The first-order valence-corrected chi connectivity index (χ1v) is 12.1. The second kappa shape index (κ2) is 12.0. The molecule has 0 bridgehead atoms. The SMILES string of the molecule is Cc1ccc(-n2cc(-c3ccc(Cl)cc3)nc2NC(=O)CN(CCN(C)C)C(=O)CC(C)C)cc1. The molecule has 7 nitrogen and oxygen atoms in total. The number of halogens is 1. The molecule has 3 rings (SSSR count). The minimum atomic E-state index is -0.289. The van der Waals surface area contributed by atoms with Gasteiger partial charge in [0.1, 0.15) is 0 Å². The number of carbonyl (C=O) groups is 2. The molecule has 1 heterocycles. The van der Waals surface area contributed by atoms with E-state index in [1.54, 1.807) is 4.90 Å². The Bertz CT molecular complexity index is 1140. The van der Waals surface area contributed by atoms with Crippen molar-refractivity contribution >= 4 is 29.4 Å². The van der Waals surface area contributed by atoms with Crippen LogP contribution in [0, 0.1) is 12.8 Å². The number of aryl methyl sites for hydroxylation is 1. The fourth-order valence-corrected chi connectivity index (χ4v) is 3.68. The monoisotopic (exact) mass is 495 g/mol. The predicted octanol–water partition coefficient (Wildman–Crippen LogP) is 4.88. The Morgan fingerprint density at radius 1 is 1.03 bits per heavy atom. The van der Waals surface area contributed by atoms with Crippen LogP contribution in [0.4, 0.5) is 5.95 Å². The summed E-state index contributed by atoms with van der Waals surface area (Å²) in [5.74, 6) is 0.297. The van der Waals surface area contributed by atoms with Crippen LogP contribution in [0.25, 0.3) is 16.9 Å². The normalized spacial score (nSPS) is 11.2. The van der Waals surface area contributed by atoms with Crippen molar-refractivity contribution in [1.82, 2.24) is 19.4 Å². The third-order valence-corrected chi connectivity index (χ3v) is 5.75. The molecule has 0 spiro atoms. The molecule has 2 aromatic carbocycles. The van der Waals surface area contributed by atoms with Gasteiger partial charge in [0, 0.05) is 42.0 Å². The van der Waals surface area contributed by atoms with Crippen LogP contribution in [0.2, 0.25) is 5.02 Å². The number of likely N-dealkylation sites (N-methyl/N-ethyl adjacent to an activating group) is 1. The van der Waals surface area contributed by atoms with Crippen molar-refractivity contribution in [2.75, 3.05) is 39.0 Å². The van der Waals surface area contributed by atoms with E-state index in [0.717, 1.165) is 16.8 Å². The van der Waals surface area contributed by atoms with E-state index in [1.165, 1.54) is 0 Å². The summed E-state index contributed by atoms with van der Waals surface area (Å²) in [4.78, 5) is 34.2. The lowest BCUT2D eigenvalue weighted by molar-refractivity contribution is -0.135. The molecule has 0 aliphatic carbocycles. The minimum absolute atomic E-state index is 0.0271. The van der Waals surface area contributed by atoms with Crippen molar-refractivity contribution in [2.45, 2.75) is 27.2 Å². The zero-order chi connectivity index (χ0) is 25.5. The van der Waals surface area contributed by atoms with E-state index in [9.17, 15) is 9.59 Å². The number of imidazole rings is 1. The summed E-state index contributed by atoms with van der Waals surface area (Å²) in [5.41, 5.74) is 3.60. The molecule has 1 aromatic heterocycles. The predicted molar refractivity (Wildman–Crippen MR) is 142 cm³/mol. The maximum atomic E-state index is 13.1. The van der Waals surface area contributed by atoms with Crippen LogP contribution in [0.5, 0.6) is 0 Å². The molecule has 0 unspecified atom stereocenters. The van der Waals surface area contributed by atoms with Crippen LogP contribution in [0.15, 0.2) is 54.7 Å². The van der Waals surface area contributed by atoms with Crippen LogP contribution in [-0.2, 0) is 9.59 Å². The minimum Gasteiger partial charge on any atom is -0.332 e. The van der Waals surface area contributed by atoms with Crippen molar-refractivity contribution in [3.05, 3.63) is 65.3 Å². The zero-order valence-corrected chi connectivity index (χ0v) is 21.8. The average Bonchev–Trinajstić information content (AvgIpc) is 3.20. The summed E-state index contributed by atoms with van der Waals surface area (Å²) in [7, 11) is 3.89. The summed E-state index contributed by atoms with van der Waals surface area (Å²) >= 11 is 6.05. The van der Waals surface area contributed by atoms with Crippen LogP contribution in [-0.4, -0.2) is 64.9 Å². The van der Waals surface area contributed by atoms with Crippen molar-refractivity contribution in [1.29, 1.82) is 0 Å². The highest BCUT2D eigenvalue weighted by atomic mass is 35.5. The smallest absolute Gasteiger partial charge is 0.246 e. The Morgan fingerprint density at radius 2 is 1.69 bits per heavy atom. The highest BCUT2D eigenvalue weighted by Crippen LogP contribution is 2.26. The number of nitrogens with zero attached hydrogens (tertiary/aromatic N) is 4. The Hall–Kier alpha value is -3.16. The topological polar surface area (TPSA) is 70.5 Å². The molecule has 0 radical (unpaired) electrons. The second-order valence-corrected chi connectivity index (χ2v) is 9.86. The number of aromatic nitrogens is 2. The van der Waals surface area contributed by atoms with Gasteiger partial charge in [-0.1, -0.05) is 55.3 Å². The largest absolute Gasteiger partial charge is 0.332 e. The van der Waals surface area contributed by atoms with Crippen LogP contribution in [0.1, 0.15) is 25.8 Å². The van der Waals surface area contributed by atoms with Gasteiger partial charge in [-0.05, 0) is 51.2 Å². The molecule has 0 aliphatic rings. The molecule has 1 N–H and O–H groups in total. The number of anilines is 1. The molecule has 35 heavy (non-hydrogen) atoms. The summed E-state index contributed by atoms with van der Waals surface area (Å²) in [5, 5.41) is 3.57. The molecule has 0 saturated carbocycles. The van der Waals surface area contributed by atoms with Crippen LogP contribution < -0.4 is 5.32 Å². The van der Waals surface area contributed by atoms with Crippen molar-refractivity contribution in [2.24, 2.45) is 5.92 Å². The van der Waals surface area contributed by atoms with E-state index in [4.69, 9.17) is 16.6 Å². The quantitative estimate of drug-likeness (QED) is 0.435. The van der Waals surface area contributed by atoms with Crippen molar-refractivity contribution < 1.29 is 9.59 Å². The van der Waals surface area contributed by atoms with Gasteiger partial charge in [-0.2, -0.15) is 0 Å². The van der Waals surface area contributed by atoms with E-state index in [2.05, 4.69) is 5.32 Å². The number of hydrogen-bond acceptors (Lipinski definition) is 4. The van der Waals surface area contributed by atoms with E-state index in [1.807, 2.05) is 99.1 Å². The fraction of sp³-hybridized carbons (Fsp3) is 0.370. The first kappa shape index (κ1) is 26.4. The maximum absolute atomic E-state index is 13.1. The molecule has 0 fully saturated rings. The van der Waals surface area contributed by atoms with Crippen LogP contribution in [0.3, 0.4) is 0 Å². The highest BCUT2D eigenvalue weighted by Gasteiger charge is 2.20. The molecule has 0 saturated heterocycles. The molecule has 2 amide bonds. The first-order valence-electron chi connectivity index (χ1n) is 11.8. The lowest BCUT2D eigenvalue weighted by Gasteiger charge is -2.24. The van der Waals surface area contributed by atoms with E-state index < -0.39 is 0 Å². The maximum Gasteiger partial charge on any atom is 0.246 e. The number of rotatable bonds is 10. The standard InChI is InChI=1S/C27H34ClN5O2/c1-19(2)16-26(35)32(15-14-31(4)5)18-25(34)30-27-29-24(21-8-10-22(28)11-9-21)17-33(27)23-12-6-20(3)7-13-23/h6-13,17,19H,14-16,18H2,1-5H3,(H,29,30,34). The molecule has 0 atom stereocenters. The van der Waals surface area contributed by atoms with Crippen LogP contribution >= 0.6 is 11.6 Å². The third-order valence-electron chi connectivity index (χ3n) is 5.50. The van der Waals surface area contributed by atoms with Gasteiger partial charge >= 0.3 is 0 Å². The van der Waals surface area contributed by atoms with Gasteiger partial charge in [-0.3, -0.25) is 19.5 Å². The lowest BCUT2D eigenvalue weighted by atomic mass is 10.1. The fourth-order valence-electron chi connectivity index (χ4n) is 3.56.